The maximum Gasteiger partial charge on any atom is 0.573 e. The molecule has 106 valence electrons. The Balaban J connectivity index is 1.88. The first-order valence-corrected chi connectivity index (χ1v) is 6.17. The van der Waals surface area contributed by atoms with Gasteiger partial charge in [0.25, 0.3) is 0 Å². The number of para-hydroxylation sites is 1. The molecule has 0 aliphatic carbocycles. The van der Waals surface area contributed by atoms with Gasteiger partial charge in [-0.1, -0.05) is 18.2 Å². The highest BCUT2D eigenvalue weighted by molar-refractivity contribution is 5.33. The molecule has 1 fully saturated rings. The molecule has 1 aliphatic heterocycles. The van der Waals surface area contributed by atoms with Crippen molar-refractivity contribution in [3.63, 3.8) is 0 Å². The molecule has 2 rings (SSSR count). The standard InChI is InChI=1S/C13H16F3NO2/c14-13(15,16)19-12-4-2-1-3-11(12)8-17-7-10-5-6-18-9-10/h1-4,10,17H,5-9H2. The maximum absolute atomic E-state index is 12.2. The molecule has 1 atom stereocenters. The summed E-state index contributed by atoms with van der Waals surface area (Å²) in [5, 5.41) is 3.14. The fraction of sp³-hybridized carbons (Fsp3) is 0.538. The molecule has 6 heteroatoms. The van der Waals surface area contributed by atoms with E-state index < -0.39 is 6.36 Å². The number of benzene rings is 1. The van der Waals surface area contributed by atoms with Crippen LogP contribution in [0.1, 0.15) is 12.0 Å². The highest BCUT2D eigenvalue weighted by atomic mass is 19.4. The first kappa shape index (κ1) is 14.1. The van der Waals surface area contributed by atoms with Crippen molar-refractivity contribution >= 4 is 0 Å². The van der Waals surface area contributed by atoms with Crippen molar-refractivity contribution in [2.45, 2.75) is 19.3 Å². The van der Waals surface area contributed by atoms with E-state index in [1.807, 2.05) is 0 Å². The molecule has 0 bridgehead atoms. The van der Waals surface area contributed by atoms with E-state index in [-0.39, 0.29) is 5.75 Å². The zero-order valence-corrected chi connectivity index (χ0v) is 10.4. The van der Waals surface area contributed by atoms with Gasteiger partial charge in [-0.3, -0.25) is 0 Å². The normalized spacial score (nSPS) is 19.6. The monoisotopic (exact) mass is 275 g/mol. The summed E-state index contributed by atoms with van der Waals surface area (Å²) in [6.07, 6.45) is -3.66. The topological polar surface area (TPSA) is 30.5 Å². The zero-order chi connectivity index (χ0) is 13.7. The molecule has 1 N–H and O–H groups in total. The summed E-state index contributed by atoms with van der Waals surface area (Å²) in [6, 6.07) is 6.16. The van der Waals surface area contributed by atoms with Gasteiger partial charge in [0.05, 0.1) is 6.61 Å². The molecule has 0 amide bonds. The van der Waals surface area contributed by atoms with Gasteiger partial charge in [0, 0.05) is 25.3 Å². The molecule has 0 spiro atoms. The van der Waals surface area contributed by atoms with Gasteiger partial charge in [-0.15, -0.1) is 13.2 Å². The Morgan fingerprint density at radius 3 is 2.79 bits per heavy atom. The predicted molar refractivity (Wildman–Crippen MR) is 63.8 cm³/mol. The highest BCUT2D eigenvalue weighted by Gasteiger charge is 2.31. The van der Waals surface area contributed by atoms with Gasteiger partial charge in [0.2, 0.25) is 0 Å². The van der Waals surface area contributed by atoms with Crippen LogP contribution in [-0.2, 0) is 11.3 Å². The first-order valence-electron chi connectivity index (χ1n) is 6.17. The quantitative estimate of drug-likeness (QED) is 0.896. The summed E-state index contributed by atoms with van der Waals surface area (Å²) in [6.45, 7) is 2.57. The van der Waals surface area contributed by atoms with Crippen LogP contribution >= 0.6 is 0 Å². The summed E-state index contributed by atoms with van der Waals surface area (Å²) in [7, 11) is 0. The molecular weight excluding hydrogens is 259 g/mol. The average molecular weight is 275 g/mol. The Hall–Kier alpha value is -1.27. The van der Waals surface area contributed by atoms with Crippen LogP contribution in [0.3, 0.4) is 0 Å². The number of ether oxygens (including phenoxy) is 2. The van der Waals surface area contributed by atoms with E-state index in [4.69, 9.17) is 4.74 Å². The van der Waals surface area contributed by atoms with Crippen LogP contribution in [0.2, 0.25) is 0 Å². The lowest BCUT2D eigenvalue weighted by atomic mass is 10.1. The molecular formula is C13H16F3NO2. The molecule has 1 aromatic carbocycles. The number of hydrogen-bond acceptors (Lipinski definition) is 3. The Bertz CT molecular complexity index is 403. The minimum atomic E-state index is -4.66. The van der Waals surface area contributed by atoms with Gasteiger partial charge in [0.1, 0.15) is 5.75 Å². The van der Waals surface area contributed by atoms with E-state index in [0.29, 0.717) is 24.6 Å². The van der Waals surface area contributed by atoms with E-state index in [1.165, 1.54) is 12.1 Å². The van der Waals surface area contributed by atoms with Crippen LogP contribution in [-0.4, -0.2) is 26.1 Å². The van der Waals surface area contributed by atoms with Crippen molar-refractivity contribution in [2.24, 2.45) is 5.92 Å². The van der Waals surface area contributed by atoms with Crippen LogP contribution in [0.15, 0.2) is 24.3 Å². The number of alkyl halides is 3. The van der Waals surface area contributed by atoms with E-state index >= 15 is 0 Å². The highest BCUT2D eigenvalue weighted by Crippen LogP contribution is 2.26. The molecule has 1 unspecified atom stereocenters. The lowest BCUT2D eigenvalue weighted by Crippen LogP contribution is -2.24. The van der Waals surface area contributed by atoms with Gasteiger partial charge < -0.3 is 14.8 Å². The number of halogens is 3. The summed E-state index contributed by atoms with van der Waals surface area (Å²) >= 11 is 0. The zero-order valence-electron chi connectivity index (χ0n) is 10.4. The largest absolute Gasteiger partial charge is 0.573 e. The molecule has 3 nitrogen and oxygen atoms in total. The number of rotatable bonds is 5. The SMILES string of the molecule is FC(F)(F)Oc1ccccc1CNCC1CCOC1. The lowest BCUT2D eigenvalue weighted by Gasteiger charge is -2.14. The van der Waals surface area contributed by atoms with Gasteiger partial charge in [0.15, 0.2) is 0 Å². The summed E-state index contributed by atoms with van der Waals surface area (Å²) < 4.78 is 45.9. The minimum Gasteiger partial charge on any atom is -0.405 e. The Morgan fingerprint density at radius 1 is 1.32 bits per heavy atom. The van der Waals surface area contributed by atoms with Crippen molar-refractivity contribution in [2.75, 3.05) is 19.8 Å². The summed E-state index contributed by atoms with van der Waals surface area (Å²) in [5.74, 6) is 0.292. The molecule has 19 heavy (non-hydrogen) atoms. The van der Waals surface area contributed by atoms with Crippen LogP contribution in [0.25, 0.3) is 0 Å². The van der Waals surface area contributed by atoms with E-state index in [0.717, 1.165) is 19.6 Å². The van der Waals surface area contributed by atoms with Crippen LogP contribution < -0.4 is 10.1 Å². The van der Waals surface area contributed by atoms with Crippen molar-refractivity contribution in [1.82, 2.24) is 5.32 Å². The molecule has 1 saturated heterocycles. The fourth-order valence-electron chi connectivity index (χ4n) is 2.03. The minimum absolute atomic E-state index is 0.148. The third-order valence-corrected chi connectivity index (χ3v) is 2.97. The smallest absolute Gasteiger partial charge is 0.405 e. The van der Waals surface area contributed by atoms with Gasteiger partial charge in [-0.2, -0.15) is 0 Å². The van der Waals surface area contributed by atoms with Crippen molar-refractivity contribution in [3.05, 3.63) is 29.8 Å². The van der Waals surface area contributed by atoms with Gasteiger partial charge in [-0.25, -0.2) is 0 Å². The predicted octanol–water partition coefficient (Wildman–Crippen LogP) is 2.71. The van der Waals surface area contributed by atoms with Crippen molar-refractivity contribution in [3.8, 4) is 5.75 Å². The maximum atomic E-state index is 12.2. The third-order valence-electron chi connectivity index (χ3n) is 2.97. The average Bonchev–Trinajstić information content (AvgIpc) is 2.82. The number of nitrogens with one attached hydrogen (secondary N) is 1. The Labute approximate surface area is 109 Å². The summed E-state index contributed by atoms with van der Waals surface area (Å²) in [4.78, 5) is 0. The molecule has 1 heterocycles. The van der Waals surface area contributed by atoms with Crippen LogP contribution in [0.4, 0.5) is 13.2 Å². The number of hydrogen-bond donors (Lipinski definition) is 1. The van der Waals surface area contributed by atoms with Gasteiger partial charge in [-0.05, 0) is 18.4 Å². The second-order valence-corrected chi connectivity index (χ2v) is 4.52. The molecule has 1 aliphatic rings. The van der Waals surface area contributed by atoms with Crippen molar-refractivity contribution < 1.29 is 22.6 Å². The summed E-state index contributed by atoms with van der Waals surface area (Å²) in [5.41, 5.74) is 0.499. The Morgan fingerprint density at radius 2 is 2.11 bits per heavy atom. The molecule has 0 radical (unpaired) electrons. The fourth-order valence-corrected chi connectivity index (χ4v) is 2.03. The van der Waals surface area contributed by atoms with Crippen molar-refractivity contribution in [1.29, 1.82) is 0 Å². The lowest BCUT2D eigenvalue weighted by molar-refractivity contribution is -0.274. The van der Waals surface area contributed by atoms with Gasteiger partial charge >= 0.3 is 6.36 Å². The van der Waals surface area contributed by atoms with E-state index in [9.17, 15) is 13.2 Å². The first-order chi connectivity index (χ1) is 9.04. The second-order valence-electron chi connectivity index (χ2n) is 4.52. The second kappa shape index (κ2) is 6.25. The molecule has 0 aromatic heterocycles. The van der Waals surface area contributed by atoms with E-state index in [2.05, 4.69) is 10.1 Å². The molecule has 0 saturated carbocycles. The van der Waals surface area contributed by atoms with Crippen LogP contribution in [0, 0.1) is 5.92 Å². The van der Waals surface area contributed by atoms with Crippen LogP contribution in [0.5, 0.6) is 5.75 Å². The third kappa shape index (κ3) is 4.72. The Kier molecular flexibility index (Phi) is 4.66. The van der Waals surface area contributed by atoms with E-state index in [1.54, 1.807) is 12.1 Å². The molecule has 1 aromatic rings.